The summed E-state index contributed by atoms with van der Waals surface area (Å²) in [6.45, 7) is 2.17. The van der Waals surface area contributed by atoms with Gasteiger partial charge in [0.05, 0.1) is 18.2 Å². The zero-order valence-corrected chi connectivity index (χ0v) is 17.7. The standard InChI is InChI=1S/C22H26N6O3/c1-27(2)14-24-21(29)17-5-3-16(4-6-17)18-13-23-19-20(25-18)28(22(30)26-19)10-7-15-8-11-31-12-9-15/h3-6,13-15H,7-12H2,1-2H3,(H,23,26,30). The summed E-state index contributed by atoms with van der Waals surface area (Å²) in [6, 6.07) is 7.05. The molecule has 2 aromatic heterocycles. The maximum atomic E-state index is 12.4. The highest BCUT2D eigenvalue weighted by molar-refractivity contribution is 5.98. The fourth-order valence-electron chi connectivity index (χ4n) is 3.64. The first-order valence-electron chi connectivity index (χ1n) is 10.4. The number of aliphatic imine (C=N–C) groups is 1. The van der Waals surface area contributed by atoms with Gasteiger partial charge in [0.25, 0.3) is 5.91 Å². The molecule has 9 nitrogen and oxygen atoms in total. The first-order chi connectivity index (χ1) is 15.0. The van der Waals surface area contributed by atoms with E-state index in [0.717, 1.165) is 38.0 Å². The summed E-state index contributed by atoms with van der Waals surface area (Å²) >= 11 is 0. The van der Waals surface area contributed by atoms with Crippen LogP contribution in [-0.4, -0.2) is 64.0 Å². The molecule has 0 unspecified atom stereocenters. The molecular formula is C22H26N6O3. The van der Waals surface area contributed by atoms with Crippen LogP contribution >= 0.6 is 0 Å². The number of ether oxygens (including phenoxy) is 1. The summed E-state index contributed by atoms with van der Waals surface area (Å²) in [4.78, 5) is 42.0. The van der Waals surface area contributed by atoms with E-state index < -0.39 is 0 Å². The van der Waals surface area contributed by atoms with Gasteiger partial charge in [-0.15, -0.1) is 0 Å². The van der Waals surface area contributed by atoms with E-state index in [4.69, 9.17) is 4.74 Å². The maximum absolute atomic E-state index is 12.4. The third-order valence-electron chi connectivity index (χ3n) is 5.42. The summed E-state index contributed by atoms with van der Waals surface area (Å²) in [5.74, 6) is 0.247. The van der Waals surface area contributed by atoms with Gasteiger partial charge >= 0.3 is 5.69 Å². The second-order valence-corrected chi connectivity index (χ2v) is 7.94. The van der Waals surface area contributed by atoms with Crippen molar-refractivity contribution in [2.75, 3.05) is 27.3 Å². The van der Waals surface area contributed by atoms with E-state index in [1.54, 1.807) is 41.9 Å². The highest BCUT2D eigenvalue weighted by Gasteiger charge is 2.17. The molecule has 0 bridgehead atoms. The van der Waals surface area contributed by atoms with E-state index in [-0.39, 0.29) is 11.6 Å². The van der Waals surface area contributed by atoms with Gasteiger partial charge in [0, 0.05) is 45.0 Å². The number of aromatic amines is 1. The van der Waals surface area contributed by atoms with Crippen molar-refractivity contribution < 1.29 is 9.53 Å². The summed E-state index contributed by atoms with van der Waals surface area (Å²) in [5, 5.41) is 0. The fourth-order valence-corrected chi connectivity index (χ4v) is 3.64. The van der Waals surface area contributed by atoms with Crippen LogP contribution in [0.25, 0.3) is 22.6 Å². The van der Waals surface area contributed by atoms with Gasteiger partial charge in [-0.05, 0) is 37.3 Å². The molecule has 0 atom stereocenters. The minimum absolute atomic E-state index is 0.195. The predicted octanol–water partition coefficient (Wildman–Crippen LogP) is 2.33. The highest BCUT2D eigenvalue weighted by Crippen LogP contribution is 2.21. The number of imidazole rings is 1. The number of H-pyrrole nitrogens is 1. The smallest absolute Gasteiger partial charge is 0.328 e. The Morgan fingerprint density at radius 3 is 2.74 bits per heavy atom. The average Bonchev–Trinajstić information content (AvgIpc) is 3.11. The number of carbonyl (C=O) groups excluding carboxylic acids is 1. The lowest BCUT2D eigenvalue weighted by atomic mass is 9.97. The van der Waals surface area contributed by atoms with Crippen molar-refractivity contribution in [3.05, 3.63) is 46.5 Å². The topological polar surface area (TPSA) is 105 Å². The van der Waals surface area contributed by atoms with Gasteiger partial charge in [0.15, 0.2) is 11.3 Å². The van der Waals surface area contributed by atoms with Gasteiger partial charge < -0.3 is 9.64 Å². The quantitative estimate of drug-likeness (QED) is 0.483. The minimum Gasteiger partial charge on any atom is -0.381 e. The summed E-state index contributed by atoms with van der Waals surface area (Å²) in [5.41, 5.74) is 2.77. The molecule has 0 spiro atoms. The number of hydrogen-bond acceptors (Lipinski definition) is 5. The Balaban J connectivity index is 1.55. The summed E-state index contributed by atoms with van der Waals surface area (Å²) < 4.78 is 7.08. The van der Waals surface area contributed by atoms with Gasteiger partial charge in [0.1, 0.15) is 0 Å². The Bertz CT molecular complexity index is 1140. The molecule has 1 saturated heterocycles. The predicted molar refractivity (Wildman–Crippen MR) is 118 cm³/mol. The molecule has 4 rings (SSSR count). The van der Waals surface area contributed by atoms with E-state index in [0.29, 0.717) is 35.0 Å². The normalized spacial score (nSPS) is 15.0. The molecule has 0 radical (unpaired) electrons. The number of aryl methyl sites for hydroxylation is 1. The summed E-state index contributed by atoms with van der Waals surface area (Å²) in [7, 11) is 3.61. The van der Waals surface area contributed by atoms with Gasteiger partial charge in [-0.25, -0.2) is 14.8 Å². The van der Waals surface area contributed by atoms with Crippen LogP contribution in [0.3, 0.4) is 0 Å². The Morgan fingerprint density at radius 2 is 2.03 bits per heavy atom. The molecule has 1 fully saturated rings. The number of nitrogens with one attached hydrogen (secondary N) is 1. The van der Waals surface area contributed by atoms with Crippen LogP contribution in [0, 0.1) is 5.92 Å². The molecule has 0 aliphatic carbocycles. The SMILES string of the molecule is CN(C)C=NC(=O)c1ccc(-c2cnc3[nH]c(=O)n(CCC4CCOCC4)c3n2)cc1. The zero-order chi connectivity index (χ0) is 21.8. The number of benzene rings is 1. The molecule has 1 N–H and O–H groups in total. The molecule has 1 aliphatic rings. The maximum Gasteiger partial charge on any atom is 0.328 e. The fraction of sp³-hybridized carbons (Fsp3) is 0.409. The van der Waals surface area contributed by atoms with Crippen LogP contribution in [0.2, 0.25) is 0 Å². The first kappa shape index (κ1) is 20.9. The van der Waals surface area contributed by atoms with Crippen LogP contribution in [0.4, 0.5) is 0 Å². The van der Waals surface area contributed by atoms with Crippen molar-refractivity contribution in [1.82, 2.24) is 24.4 Å². The minimum atomic E-state index is -0.311. The number of hydrogen-bond donors (Lipinski definition) is 1. The zero-order valence-electron chi connectivity index (χ0n) is 17.7. The number of aromatic nitrogens is 4. The van der Waals surface area contributed by atoms with E-state index in [2.05, 4.69) is 19.9 Å². The molecular weight excluding hydrogens is 396 g/mol. The molecule has 9 heteroatoms. The number of carbonyl (C=O) groups is 1. The molecule has 3 heterocycles. The van der Waals surface area contributed by atoms with Crippen LogP contribution in [-0.2, 0) is 11.3 Å². The number of nitrogens with zero attached hydrogens (tertiary/aromatic N) is 5. The molecule has 1 amide bonds. The average molecular weight is 422 g/mol. The van der Waals surface area contributed by atoms with Gasteiger partial charge in [-0.3, -0.25) is 14.3 Å². The van der Waals surface area contributed by atoms with E-state index in [9.17, 15) is 9.59 Å². The third kappa shape index (κ3) is 4.88. The van der Waals surface area contributed by atoms with Gasteiger partial charge in [0.2, 0.25) is 0 Å². The second kappa shape index (κ2) is 9.22. The van der Waals surface area contributed by atoms with E-state index >= 15 is 0 Å². The van der Waals surface area contributed by atoms with Crippen LogP contribution in [0.5, 0.6) is 0 Å². The van der Waals surface area contributed by atoms with E-state index in [1.807, 2.05) is 12.1 Å². The lowest BCUT2D eigenvalue weighted by Crippen LogP contribution is -2.22. The van der Waals surface area contributed by atoms with Gasteiger partial charge in [-0.2, -0.15) is 4.99 Å². The van der Waals surface area contributed by atoms with Crippen molar-refractivity contribution in [3.8, 4) is 11.3 Å². The van der Waals surface area contributed by atoms with E-state index in [1.165, 1.54) is 6.34 Å². The third-order valence-corrected chi connectivity index (χ3v) is 5.42. The van der Waals surface area contributed by atoms with Crippen molar-refractivity contribution in [1.29, 1.82) is 0 Å². The number of amides is 1. The van der Waals surface area contributed by atoms with Crippen LogP contribution in [0.1, 0.15) is 29.6 Å². The van der Waals surface area contributed by atoms with Crippen molar-refractivity contribution in [2.45, 2.75) is 25.8 Å². The lowest BCUT2D eigenvalue weighted by Gasteiger charge is -2.21. The van der Waals surface area contributed by atoms with Crippen LogP contribution < -0.4 is 5.69 Å². The van der Waals surface area contributed by atoms with Crippen molar-refractivity contribution in [2.24, 2.45) is 10.9 Å². The Morgan fingerprint density at radius 1 is 1.29 bits per heavy atom. The molecule has 162 valence electrons. The summed E-state index contributed by atoms with van der Waals surface area (Å²) in [6.07, 6.45) is 6.06. The largest absolute Gasteiger partial charge is 0.381 e. The van der Waals surface area contributed by atoms with Crippen molar-refractivity contribution in [3.63, 3.8) is 0 Å². The Kier molecular flexibility index (Phi) is 6.22. The molecule has 31 heavy (non-hydrogen) atoms. The molecule has 1 aliphatic heterocycles. The highest BCUT2D eigenvalue weighted by atomic mass is 16.5. The molecule has 3 aromatic rings. The Hall–Kier alpha value is -3.33. The van der Waals surface area contributed by atoms with Crippen LogP contribution in [0.15, 0.2) is 40.2 Å². The lowest BCUT2D eigenvalue weighted by molar-refractivity contribution is 0.0626. The van der Waals surface area contributed by atoms with Crippen molar-refractivity contribution >= 4 is 23.5 Å². The van der Waals surface area contributed by atoms with Gasteiger partial charge in [-0.1, -0.05) is 12.1 Å². The molecule has 1 aromatic carbocycles. The number of rotatable bonds is 6. The monoisotopic (exact) mass is 422 g/mol. The first-order valence-corrected chi connectivity index (χ1v) is 10.4. The second-order valence-electron chi connectivity index (χ2n) is 7.94. The number of fused-ring (bicyclic) bond motifs is 1. The Labute approximate surface area is 179 Å². The molecule has 0 saturated carbocycles.